The lowest BCUT2D eigenvalue weighted by atomic mass is 10.1. The predicted molar refractivity (Wildman–Crippen MR) is 75.6 cm³/mol. The molecule has 0 saturated carbocycles. The molecule has 2 aliphatic heterocycles. The van der Waals surface area contributed by atoms with Crippen molar-refractivity contribution in [1.82, 2.24) is 9.21 Å². The third kappa shape index (κ3) is 4.16. The van der Waals surface area contributed by atoms with E-state index in [-0.39, 0.29) is 5.75 Å². The molecule has 0 N–H and O–H groups in total. The molecule has 1 atom stereocenters. The number of rotatable bonds is 5. The maximum atomic E-state index is 12.3. The van der Waals surface area contributed by atoms with Gasteiger partial charge in [0.2, 0.25) is 10.0 Å². The molecule has 0 radical (unpaired) electrons. The number of ether oxygens (including phenoxy) is 1. The smallest absolute Gasteiger partial charge is 0.214 e. The molecule has 0 aromatic heterocycles. The third-order valence-corrected chi connectivity index (χ3v) is 5.93. The Bertz CT molecular complexity index is 440. The van der Waals surface area contributed by atoms with Crippen LogP contribution >= 0.6 is 0 Å². The summed E-state index contributed by atoms with van der Waals surface area (Å²) in [7, 11) is -3.20. The average molecular weight is 301 g/mol. The van der Waals surface area contributed by atoms with Gasteiger partial charge in [-0.05, 0) is 19.3 Å². The quantitative estimate of drug-likeness (QED) is 0.688. The van der Waals surface area contributed by atoms with E-state index in [1.165, 1.54) is 0 Å². The van der Waals surface area contributed by atoms with Crippen molar-refractivity contribution in [3.05, 3.63) is 0 Å². The third-order valence-electron chi connectivity index (χ3n) is 4.01. The van der Waals surface area contributed by atoms with Crippen molar-refractivity contribution in [1.29, 1.82) is 5.26 Å². The summed E-state index contributed by atoms with van der Waals surface area (Å²) in [5.41, 5.74) is 0. The molecule has 6 nitrogen and oxygen atoms in total. The van der Waals surface area contributed by atoms with Crippen LogP contribution in [0.1, 0.15) is 25.7 Å². The van der Waals surface area contributed by atoms with Crippen LogP contribution in [0, 0.1) is 11.3 Å². The molecular weight excluding hydrogens is 278 g/mol. The molecule has 0 spiro atoms. The summed E-state index contributed by atoms with van der Waals surface area (Å²) >= 11 is 0. The van der Waals surface area contributed by atoms with Crippen LogP contribution in [-0.4, -0.2) is 68.8 Å². The zero-order valence-electron chi connectivity index (χ0n) is 11.8. The molecule has 20 heavy (non-hydrogen) atoms. The Morgan fingerprint density at radius 2 is 2.00 bits per heavy atom. The van der Waals surface area contributed by atoms with Crippen molar-refractivity contribution < 1.29 is 13.2 Å². The Labute approximate surface area is 121 Å². The normalized spacial score (nSPS) is 26.2. The van der Waals surface area contributed by atoms with Gasteiger partial charge in [-0.25, -0.2) is 12.7 Å². The van der Waals surface area contributed by atoms with Gasteiger partial charge in [0.25, 0.3) is 0 Å². The van der Waals surface area contributed by atoms with Crippen LogP contribution in [0.2, 0.25) is 0 Å². The molecule has 0 amide bonds. The fraction of sp³-hybridized carbons (Fsp3) is 0.923. The van der Waals surface area contributed by atoms with E-state index in [4.69, 9.17) is 10.00 Å². The molecular formula is C13H23N3O3S. The summed E-state index contributed by atoms with van der Waals surface area (Å²) in [6.07, 6.45) is 2.71. The van der Waals surface area contributed by atoms with Crippen LogP contribution in [0.25, 0.3) is 0 Å². The highest BCUT2D eigenvalue weighted by Crippen LogP contribution is 2.20. The molecule has 2 fully saturated rings. The number of nitrogens with zero attached hydrogens (tertiary/aromatic N) is 3. The highest BCUT2D eigenvalue weighted by molar-refractivity contribution is 7.89. The van der Waals surface area contributed by atoms with Crippen molar-refractivity contribution in [2.24, 2.45) is 0 Å². The molecule has 2 rings (SSSR count). The van der Waals surface area contributed by atoms with Gasteiger partial charge in [-0.15, -0.1) is 0 Å². The van der Waals surface area contributed by atoms with Crippen LogP contribution in [0.4, 0.5) is 0 Å². The highest BCUT2D eigenvalue weighted by Gasteiger charge is 2.31. The molecule has 7 heteroatoms. The number of morpholine rings is 1. The van der Waals surface area contributed by atoms with Crippen molar-refractivity contribution in [3.63, 3.8) is 0 Å². The van der Waals surface area contributed by atoms with Gasteiger partial charge in [0.05, 0.1) is 25.0 Å². The van der Waals surface area contributed by atoms with E-state index >= 15 is 0 Å². The number of nitriles is 1. The second kappa shape index (κ2) is 7.36. The lowest BCUT2D eigenvalue weighted by Crippen LogP contribution is -2.53. The summed E-state index contributed by atoms with van der Waals surface area (Å²) in [5, 5.41) is 8.51. The zero-order chi connectivity index (χ0) is 14.4. The summed E-state index contributed by atoms with van der Waals surface area (Å²) in [4.78, 5) is 2.35. The fourth-order valence-corrected chi connectivity index (χ4v) is 4.45. The van der Waals surface area contributed by atoms with Gasteiger partial charge < -0.3 is 4.74 Å². The van der Waals surface area contributed by atoms with Gasteiger partial charge >= 0.3 is 0 Å². The molecule has 2 aliphatic rings. The molecule has 2 saturated heterocycles. The van der Waals surface area contributed by atoms with Crippen LogP contribution in [0.3, 0.4) is 0 Å². The second-order valence-electron chi connectivity index (χ2n) is 5.38. The fourth-order valence-electron chi connectivity index (χ4n) is 2.88. The molecule has 0 aliphatic carbocycles. The van der Waals surface area contributed by atoms with E-state index in [9.17, 15) is 8.42 Å². The van der Waals surface area contributed by atoms with Crippen LogP contribution in [-0.2, 0) is 14.8 Å². The van der Waals surface area contributed by atoms with Crippen molar-refractivity contribution in [3.8, 4) is 6.07 Å². The first-order chi connectivity index (χ1) is 9.63. The van der Waals surface area contributed by atoms with Crippen LogP contribution in [0.5, 0.6) is 0 Å². The molecule has 114 valence electrons. The first kappa shape index (κ1) is 15.7. The lowest BCUT2D eigenvalue weighted by molar-refractivity contribution is 0.00538. The maximum absolute atomic E-state index is 12.3. The summed E-state index contributed by atoms with van der Waals surface area (Å²) < 4.78 is 31.5. The first-order valence-electron chi connectivity index (χ1n) is 7.30. The lowest BCUT2D eigenvalue weighted by Gasteiger charge is -2.40. The van der Waals surface area contributed by atoms with Crippen molar-refractivity contribution >= 4 is 10.0 Å². The minimum absolute atomic E-state index is 0.0936. The van der Waals surface area contributed by atoms with E-state index in [1.54, 1.807) is 4.31 Å². The Morgan fingerprint density at radius 3 is 2.70 bits per heavy atom. The second-order valence-corrected chi connectivity index (χ2v) is 7.47. The standard InChI is InChI=1S/C13H23N3O3S/c14-5-1-2-11-20(17,18)16-6-3-4-13(12-16)15-7-9-19-10-8-15/h13H,1-4,6-12H2. The van der Waals surface area contributed by atoms with Gasteiger partial charge in [0.1, 0.15) is 0 Å². The van der Waals surface area contributed by atoms with Gasteiger partial charge in [-0.3, -0.25) is 4.90 Å². The van der Waals surface area contributed by atoms with Gasteiger partial charge in [-0.2, -0.15) is 5.26 Å². The van der Waals surface area contributed by atoms with Crippen LogP contribution in [0.15, 0.2) is 0 Å². The zero-order valence-corrected chi connectivity index (χ0v) is 12.6. The van der Waals surface area contributed by atoms with Crippen LogP contribution < -0.4 is 0 Å². The minimum atomic E-state index is -3.20. The maximum Gasteiger partial charge on any atom is 0.214 e. The summed E-state index contributed by atoms with van der Waals surface area (Å²) in [5.74, 6) is 0.0936. The number of hydrogen-bond acceptors (Lipinski definition) is 5. The van der Waals surface area contributed by atoms with E-state index in [0.717, 1.165) is 39.1 Å². The van der Waals surface area contributed by atoms with Crippen molar-refractivity contribution in [2.45, 2.75) is 31.7 Å². The SMILES string of the molecule is N#CCCCS(=O)(=O)N1CCCC(N2CCOCC2)C1. The topological polar surface area (TPSA) is 73.6 Å². The van der Waals surface area contributed by atoms with Crippen molar-refractivity contribution in [2.75, 3.05) is 45.1 Å². The van der Waals surface area contributed by atoms with Gasteiger partial charge in [0, 0.05) is 38.6 Å². The number of sulfonamides is 1. The minimum Gasteiger partial charge on any atom is -0.379 e. The molecule has 1 unspecified atom stereocenters. The number of piperidine rings is 1. The Hall–Kier alpha value is -0.680. The van der Waals surface area contributed by atoms with Gasteiger partial charge in [-0.1, -0.05) is 0 Å². The monoisotopic (exact) mass is 301 g/mol. The predicted octanol–water partition coefficient (Wildman–Crippen LogP) is 0.417. The van der Waals surface area contributed by atoms with E-state index in [2.05, 4.69) is 4.90 Å². The first-order valence-corrected chi connectivity index (χ1v) is 8.91. The van der Waals surface area contributed by atoms with E-state index in [1.807, 2.05) is 6.07 Å². The Balaban J connectivity index is 1.90. The molecule has 0 bridgehead atoms. The largest absolute Gasteiger partial charge is 0.379 e. The molecule has 0 aromatic carbocycles. The summed E-state index contributed by atoms with van der Waals surface area (Å²) in [6.45, 7) is 4.49. The number of unbranched alkanes of at least 4 members (excludes halogenated alkanes) is 1. The average Bonchev–Trinajstić information content (AvgIpc) is 2.48. The highest BCUT2D eigenvalue weighted by atomic mass is 32.2. The summed E-state index contributed by atoms with van der Waals surface area (Å²) in [6, 6.07) is 2.32. The van der Waals surface area contributed by atoms with E-state index < -0.39 is 10.0 Å². The Morgan fingerprint density at radius 1 is 1.25 bits per heavy atom. The molecule has 2 heterocycles. The molecule has 0 aromatic rings. The van der Waals surface area contributed by atoms with Gasteiger partial charge in [0.15, 0.2) is 0 Å². The number of hydrogen-bond donors (Lipinski definition) is 0. The Kier molecular flexibility index (Phi) is 5.78. The van der Waals surface area contributed by atoms with E-state index in [0.29, 0.717) is 32.0 Å².